The Hall–Kier alpha value is -1.42. The van der Waals surface area contributed by atoms with Crippen molar-refractivity contribution in [1.82, 2.24) is 5.32 Å². The van der Waals surface area contributed by atoms with Crippen LogP contribution in [0.25, 0.3) is 0 Å². The van der Waals surface area contributed by atoms with Crippen LogP contribution >= 0.6 is 0 Å². The van der Waals surface area contributed by atoms with Gasteiger partial charge in [0.15, 0.2) is 6.29 Å². The maximum Gasteiger partial charge on any atom is 0.397 e. The third kappa shape index (κ3) is 44.3. The van der Waals surface area contributed by atoms with Crippen LogP contribution in [0.15, 0.2) is 24.3 Å². The highest BCUT2D eigenvalue weighted by Crippen LogP contribution is 2.26. The quantitative estimate of drug-likeness (QED) is 0.0193. The molecule has 0 aromatic carbocycles. The third-order valence-electron chi connectivity index (χ3n) is 15.5. The van der Waals surface area contributed by atoms with Crippen LogP contribution in [0.2, 0.25) is 0 Å². The lowest BCUT2D eigenvalue weighted by Crippen LogP contribution is -2.61. The summed E-state index contributed by atoms with van der Waals surface area (Å²) in [6.07, 6.45) is 57.6. The van der Waals surface area contributed by atoms with E-state index in [1.54, 1.807) is 0 Å². The molecule has 0 aliphatic carbocycles. The summed E-state index contributed by atoms with van der Waals surface area (Å²) < 4.78 is 48.0. The predicted molar refractivity (Wildman–Crippen MR) is 315 cm³/mol. The molecular formula is C63H121NO11S. The van der Waals surface area contributed by atoms with Gasteiger partial charge in [0.05, 0.1) is 25.4 Å². The fourth-order valence-electron chi connectivity index (χ4n) is 10.6. The highest BCUT2D eigenvalue weighted by atomic mass is 32.3. The lowest BCUT2D eigenvalue weighted by atomic mass is 9.99. The van der Waals surface area contributed by atoms with Crippen molar-refractivity contribution in [3.8, 4) is 0 Å². The molecule has 12 nitrogen and oxygen atoms in total. The lowest BCUT2D eigenvalue weighted by Gasteiger charge is -2.41. The van der Waals surface area contributed by atoms with Crippen molar-refractivity contribution in [3.05, 3.63) is 24.3 Å². The highest BCUT2D eigenvalue weighted by molar-refractivity contribution is 7.80. The molecule has 7 atom stereocenters. The molecule has 1 heterocycles. The van der Waals surface area contributed by atoms with Gasteiger partial charge in [-0.1, -0.05) is 289 Å². The van der Waals surface area contributed by atoms with Gasteiger partial charge in [-0.2, -0.15) is 8.42 Å². The van der Waals surface area contributed by atoms with Crippen LogP contribution in [-0.2, 0) is 28.9 Å². The van der Waals surface area contributed by atoms with Gasteiger partial charge in [-0.25, -0.2) is 4.18 Å². The maximum absolute atomic E-state index is 13.2. The number of aliphatic hydroxyl groups excluding tert-OH is 4. The Bertz CT molecular complexity index is 1430. The van der Waals surface area contributed by atoms with Crippen molar-refractivity contribution < 1.29 is 51.8 Å². The van der Waals surface area contributed by atoms with Gasteiger partial charge in [0.1, 0.15) is 24.4 Å². The summed E-state index contributed by atoms with van der Waals surface area (Å²) in [6.45, 7) is 3.50. The number of aliphatic hydroxyl groups is 4. The smallest absolute Gasteiger partial charge is 0.394 e. The monoisotopic (exact) mass is 1100 g/mol. The molecule has 1 fully saturated rings. The molecule has 6 N–H and O–H groups in total. The summed E-state index contributed by atoms with van der Waals surface area (Å²) in [5, 5.41) is 45.2. The standard InChI is InChI=1S/C63H121NO11S/c1-3-5-7-9-11-13-15-17-19-21-23-25-26-27-28-29-30-31-32-33-35-37-39-41-43-45-47-49-51-53-59(67)64-56(55-73-63-61(69)62(75-76(70,71)72)60(68)58(54-65)74-63)57(66)52-50-48-46-44-42-40-38-36-34-24-22-20-18-16-14-12-10-8-6-4-2/h23,25,27-28,56-58,60-63,65-66,68-69H,3-22,24,26,29-55H2,1-2H3,(H,64,67)(H,70,71,72)/b25-23-,28-27-. The molecule has 1 rings (SSSR count). The van der Waals surface area contributed by atoms with Gasteiger partial charge >= 0.3 is 10.4 Å². The molecule has 1 saturated heterocycles. The Morgan fingerprint density at radius 2 is 0.882 bits per heavy atom. The van der Waals surface area contributed by atoms with Crippen LogP contribution in [0.1, 0.15) is 316 Å². The van der Waals surface area contributed by atoms with Crippen LogP contribution in [0.4, 0.5) is 0 Å². The van der Waals surface area contributed by atoms with Gasteiger partial charge in [-0.3, -0.25) is 9.35 Å². The summed E-state index contributed by atoms with van der Waals surface area (Å²) in [4.78, 5) is 13.2. The van der Waals surface area contributed by atoms with Crippen molar-refractivity contribution in [3.63, 3.8) is 0 Å². The molecule has 0 aromatic rings. The van der Waals surface area contributed by atoms with Crippen LogP contribution < -0.4 is 5.32 Å². The first-order valence-electron chi connectivity index (χ1n) is 32.2. The van der Waals surface area contributed by atoms with E-state index in [0.717, 1.165) is 57.8 Å². The second kappa shape index (κ2) is 52.9. The zero-order chi connectivity index (χ0) is 55.4. The topological polar surface area (TPSA) is 192 Å². The van der Waals surface area contributed by atoms with Gasteiger partial charge in [0.25, 0.3) is 0 Å². The van der Waals surface area contributed by atoms with Crippen molar-refractivity contribution in [2.24, 2.45) is 0 Å². The van der Waals surface area contributed by atoms with Crippen molar-refractivity contribution in [2.75, 3.05) is 13.2 Å². The summed E-state index contributed by atoms with van der Waals surface area (Å²) in [6, 6.07) is -0.859. The second-order valence-corrected chi connectivity index (χ2v) is 23.8. The average Bonchev–Trinajstić information content (AvgIpc) is 3.40. The Labute approximate surface area is 467 Å². The van der Waals surface area contributed by atoms with E-state index in [9.17, 15) is 38.2 Å². The van der Waals surface area contributed by atoms with E-state index in [2.05, 4.69) is 47.7 Å². The molecule has 450 valence electrons. The molecule has 0 bridgehead atoms. The van der Waals surface area contributed by atoms with Gasteiger partial charge in [-0.05, 0) is 44.9 Å². The fraction of sp³-hybridized carbons (Fsp3) is 0.921. The number of hydrogen-bond donors (Lipinski definition) is 6. The normalized spacial score (nSPS) is 19.1. The Morgan fingerprint density at radius 3 is 1.25 bits per heavy atom. The van der Waals surface area contributed by atoms with Crippen molar-refractivity contribution in [1.29, 1.82) is 0 Å². The maximum atomic E-state index is 13.2. The van der Waals surface area contributed by atoms with Gasteiger partial charge in [0, 0.05) is 6.42 Å². The fourth-order valence-corrected chi connectivity index (χ4v) is 11.1. The van der Waals surface area contributed by atoms with Crippen molar-refractivity contribution in [2.45, 2.75) is 358 Å². The van der Waals surface area contributed by atoms with Crippen LogP contribution in [0, 0.1) is 0 Å². The molecule has 0 saturated carbocycles. The zero-order valence-electron chi connectivity index (χ0n) is 49.1. The highest BCUT2D eigenvalue weighted by Gasteiger charge is 2.48. The first-order chi connectivity index (χ1) is 37.0. The minimum Gasteiger partial charge on any atom is -0.394 e. The summed E-state index contributed by atoms with van der Waals surface area (Å²) in [7, 11) is -5.08. The number of hydrogen-bond acceptors (Lipinski definition) is 10. The van der Waals surface area contributed by atoms with E-state index in [-0.39, 0.29) is 12.5 Å². The van der Waals surface area contributed by atoms with E-state index in [4.69, 9.17) is 9.47 Å². The largest absolute Gasteiger partial charge is 0.397 e. The molecular weight excluding hydrogens is 979 g/mol. The van der Waals surface area contributed by atoms with E-state index < -0.39 is 59.9 Å². The third-order valence-corrected chi connectivity index (χ3v) is 16.0. The van der Waals surface area contributed by atoms with Gasteiger partial charge in [-0.15, -0.1) is 0 Å². The number of ether oxygens (including phenoxy) is 2. The molecule has 1 amide bonds. The molecule has 0 aromatic heterocycles. The Morgan fingerprint density at radius 1 is 0.526 bits per heavy atom. The molecule has 13 heteroatoms. The number of allylic oxidation sites excluding steroid dienone is 4. The number of amides is 1. The Kier molecular flexibility index (Phi) is 50.6. The minimum absolute atomic E-state index is 0.226. The number of carbonyl (C=O) groups is 1. The van der Waals surface area contributed by atoms with Gasteiger partial charge < -0.3 is 35.2 Å². The summed E-state index contributed by atoms with van der Waals surface area (Å²) in [5.41, 5.74) is 0. The van der Waals surface area contributed by atoms with Crippen molar-refractivity contribution >= 4 is 16.3 Å². The summed E-state index contributed by atoms with van der Waals surface area (Å²) in [5.74, 6) is -0.226. The molecule has 0 radical (unpaired) electrons. The second-order valence-electron chi connectivity index (χ2n) is 22.7. The van der Waals surface area contributed by atoms with E-state index >= 15 is 0 Å². The summed E-state index contributed by atoms with van der Waals surface area (Å²) >= 11 is 0. The molecule has 0 spiro atoms. The predicted octanol–water partition coefficient (Wildman–Crippen LogP) is 16.0. The number of rotatable bonds is 57. The Balaban J connectivity index is 2.28. The van der Waals surface area contributed by atoms with E-state index in [1.807, 2.05) is 0 Å². The van der Waals surface area contributed by atoms with Crippen LogP contribution in [0.5, 0.6) is 0 Å². The zero-order valence-corrected chi connectivity index (χ0v) is 49.9. The van der Waals surface area contributed by atoms with E-state index in [0.29, 0.717) is 12.8 Å². The average molecular weight is 1100 g/mol. The van der Waals surface area contributed by atoms with Crippen LogP contribution in [-0.4, -0.2) is 95.4 Å². The number of nitrogens with one attached hydrogen (secondary N) is 1. The molecule has 76 heavy (non-hydrogen) atoms. The van der Waals surface area contributed by atoms with E-state index in [1.165, 1.54) is 231 Å². The number of unbranched alkanes of at least 4 members (excludes halogenated alkanes) is 41. The molecule has 7 unspecified atom stereocenters. The van der Waals surface area contributed by atoms with Gasteiger partial charge in [0.2, 0.25) is 5.91 Å². The lowest BCUT2D eigenvalue weighted by molar-refractivity contribution is -0.298. The molecule has 1 aliphatic heterocycles. The van der Waals surface area contributed by atoms with Crippen LogP contribution in [0.3, 0.4) is 0 Å². The minimum atomic E-state index is -5.08. The molecule has 1 aliphatic rings. The number of carbonyl (C=O) groups excluding carboxylic acids is 1. The first-order valence-corrected chi connectivity index (χ1v) is 33.6. The first kappa shape index (κ1) is 72.6. The SMILES string of the molecule is CCCCCCCCCCC/C=C\C/C=C\CCCCCCCCCCCCCCCC(=O)NC(COC1OC(CO)C(O)C(OS(=O)(=O)O)C1O)C(O)CCCCCCCCCCCCCCCCCCCCCC.